The molecule has 0 atom stereocenters. The van der Waals surface area contributed by atoms with Crippen molar-refractivity contribution in [1.29, 1.82) is 0 Å². The molecule has 7 aromatic carbocycles. The minimum Gasteiger partial charge on any atom is -0.311 e. The summed E-state index contributed by atoms with van der Waals surface area (Å²) in [5, 5.41) is 0. The van der Waals surface area contributed by atoms with Crippen LogP contribution in [0.1, 0.15) is 52.8 Å². The summed E-state index contributed by atoms with van der Waals surface area (Å²) in [7, 11) is 0. The number of nitrogens with zero attached hydrogens (tertiary/aromatic N) is 2. The Kier molecular flexibility index (Phi) is 8.61. The van der Waals surface area contributed by atoms with Crippen molar-refractivity contribution in [2.75, 3.05) is 9.80 Å². The molecule has 0 radical (unpaired) electrons. The second kappa shape index (κ2) is 13.5. The number of fused-ring (bicyclic) bond motifs is 3. The first-order valence-corrected chi connectivity index (χ1v) is 18.2. The van der Waals surface area contributed by atoms with Crippen LogP contribution in [0.5, 0.6) is 0 Å². The summed E-state index contributed by atoms with van der Waals surface area (Å²) < 4.78 is 0. The number of rotatable bonds is 8. The van der Waals surface area contributed by atoms with Crippen molar-refractivity contribution in [2.24, 2.45) is 0 Å². The molecular weight excluding hydrogens is 629 g/mol. The van der Waals surface area contributed by atoms with Crippen molar-refractivity contribution in [3.8, 4) is 11.1 Å². The van der Waals surface area contributed by atoms with Crippen LogP contribution in [0.2, 0.25) is 0 Å². The van der Waals surface area contributed by atoms with E-state index in [1.807, 2.05) is 0 Å². The maximum Gasteiger partial charge on any atom is 0.0466 e. The molecule has 8 rings (SSSR count). The maximum atomic E-state index is 2.42. The fourth-order valence-electron chi connectivity index (χ4n) is 7.81. The van der Waals surface area contributed by atoms with Crippen LogP contribution >= 0.6 is 0 Å². The Morgan fingerprint density at radius 3 is 1.46 bits per heavy atom. The molecule has 1 aliphatic carbocycles. The van der Waals surface area contributed by atoms with Crippen molar-refractivity contribution in [1.82, 2.24) is 0 Å². The van der Waals surface area contributed by atoms with Gasteiger partial charge in [0.1, 0.15) is 0 Å². The van der Waals surface area contributed by atoms with E-state index in [1.54, 1.807) is 0 Å². The summed E-state index contributed by atoms with van der Waals surface area (Å²) in [5.74, 6) is 0. The van der Waals surface area contributed by atoms with Crippen LogP contribution in [0, 0.1) is 20.8 Å². The molecule has 0 saturated carbocycles. The molecule has 0 spiro atoms. The molecule has 0 saturated heterocycles. The van der Waals surface area contributed by atoms with Crippen molar-refractivity contribution in [3.05, 3.63) is 203 Å². The summed E-state index contributed by atoms with van der Waals surface area (Å²) in [5.41, 5.74) is 18.3. The van der Waals surface area contributed by atoms with Crippen molar-refractivity contribution in [2.45, 2.75) is 40.0 Å². The molecule has 2 heteroatoms. The lowest BCUT2D eigenvalue weighted by Gasteiger charge is -2.29. The standard InChI is InChI=1S/C50H44N2/c1-35-13-12-18-43(30-35)52(45-31-36(2)29-37(3)32-45)44-26-28-47-46-27-23-39(33-48(46)50(4,5)49(47)34-44)20-19-38-21-24-42(25-22-38)51(40-14-8-6-9-15-40)41-16-10-7-11-17-41/h6-34H,1-5H3/b20-19+. The average molecular weight is 673 g/mol. The summed E-state index contributed by atoms with van der Waals surface area (Å²) in [4.78, 5) is 4.70. The Morgan fingerprint density at radius 2 is 0.827 bits per heavy atom. The van der Waals surface area contributed by atoms with Crippen LogP contribution in [0.15, 0.2) is 164 Å². The third kappa shape index (κ3) is 6.33. The molecular formula is C50H44N2. The summed E-state index contributed by atoms with van der Waals surface area (Å²) in [6.45, 7) is 11.3. The van der Waals surface area contributed by atoms with Crippen molar-refractivity contribution >= 4 is 46.3 Å². The SMILES string of the molecule is Cc1cccc(N(c2cc(C)cc(C)c2)c2ccc3c(c2)C(C)(C)c2cc(/C=C/c4ccc(N(c5ccccc5)c5ccccc5)cc4)ccc2-3)c1. The van der Waals surface area contributed by atoms with Gasteiger partial charge in [0.2, 0.25) is 0 Å². The minimum atomic E-state index is -0.148. The highest BCUT2D eigenvalue weighted by atomic mass is 15.1. The third-order valence-corrected chi connectivity index (χ3v) is 10.3. The molecule has 1 aliphatic rings. The van der Waals surface area contributed by atoms with Gasteiger partial charge >= 0.3 is 0 Å². The molecule has 0 fully saturated rings. The lowest BCUT2D eigenvalue weighted by Crippen LogP contribution is -2.17. The van der Waals surface area contributed by atoms with Gasteiger partial charge in [-0.1, -0.05) is 117 Å². The first-order chi connectivity index (χ1) is 25.2. The van der Waals surface area contributed by atoms with E-state index in [0.29, 0.717) is 0 Å². The Balaban J connectivity index is 1.09. The fraction of sp³-hybridized carbons (Fsp3) is 0.120. The van der Waals surface area contributed by atoms with E-state index < -0.39 is 0 Å². The lowest BCUT2D eigenvalue weighted by atomic mass is 9.81. The number of anilines is 6. The first kappa shape index (κ1) is 33.0. The van der Waals surface area contributed by atoms with Gasteiger partial charge < -0.3 is 9.80 Å². The quantitative estimate of drug-likeness (QED) is 0.148. The largest absolute Gasteiger partial charge is 0.311 e. The highest BCUT2D eigenvalue weighted by Gasteiger charge is 2.36. The second-order valence-corrected chi connectivity index (χ2v) is 14.6. The van der Waals surface area contributed by atoms with E-state index in [-0.39, 0.29) is 5.41 Å². The predicted octanol–water partition coefficient (Wildman–Crippen LogP) is 14.0. The molecule has 52 heavy (non-hydrogen) atoms. The molecule has 0 unspecified atom stereocenters. The zero-order chi connectivity index (χ0) is 35.8. The van der Waals surface area contributed by atoms with E-state index >= 15 is 0 Å². The fourth-order valence-corrected chi connectivity index (χ4v) is 7.81. The zero-order valence-corrected chi connectivity index (χ0v) is 30.6. The monoisotopic (exact) mass is 672 g/mol. The van der Waals surface area contributed by atoms with Crippen LogP contribution in [-0.4, -0.2) is 0 Å². The number of benzene rings is 7. The van der Waals surface area contributed by atoms with E-state index in [0.717, 1.165) is 17.1 Å². The van der Waals surface area contributed by atoms with Crippen LogP contribution in [0.3, 0.4) is 0 Å². The molecule has 7 aromatic rings. The van der Waals surface area contributed by atoms with Crippen LogP contribution in [0.4, 0.5) is 34.1 Å². The number of aryl methyl sites for hydroxylation is 3. The molecule has 0 N–H and O–H groups in total. The number of hydrogen-bond acceptors (Lipinski definition) is 2. The molecule has 0 bridgehead atoms. The summed E-state index contributed by atoms with van der Waals surface area (Å²) >= 11 is 0. The smallest absolute Gasteiger partial charge is 0.0466 e. The molecule has 0 heterocycles. The van der Waals surface area contributed by atoms with Crippen molar-refractivity contribution in [3.63, 3.8) is 0 Å². The van der Waals surface area contributed by atoms with Gasteiger partial charge in [-0.05, 0) is 144 Å². The zero-order valence-electron chi connectivity index (χ0n) is 30.6. The van der Waals surface area contributed by atoms with Gasteiger partial charge in [-0.3, -0.25) is 0 Å². The molecule has 0 amide bonds. The van der Waals surface area contributed by atoms with Gasteiger partial charge in [0, 0.05) is 39.5 Å². The maximum absolute atomic E-state index is 2.42. The summed E-state index contributed by atoms with van der Waals surface area (Å²) in [6, 6.07) is 59.5. The second-order valence-electron chi connectivity index (χ2n) is 14.6. The Labute approximate surface area is 309 Å². The van der Waals surface area contributed by atoms with E-state index in [9.17, 15) is 0 Å². The number of para-hydroxylation sites is 2. The lowest BCUT2D eigenvalue weighted by molar-refractivity contribution is 0.660. The van der Waals surface area contributed by atoms with Crippen LogP contribution in [-0.2, 0) is 5.41 Å². The normalized spacial score (nSPS) is 12.8. The summed E-state index contributed by atoms with van der Waals surface area (Å²) in [6.07, 6.45) is 4.46. The van der Waals surface area contributed by atoms with Gasteiger partial charge in [0.05, 0.1) is 0 Å². The van der Waals surface area contributed by atoms with E-state index in [1.165, 1.54) is 67.1 Å². The molecule has 0 aromatic heterocycles. The van der Waals surface area contributed by atoms with Gasteiger partial charge in [0.25, 0.3) is 0 Å². The Hall–Kier alpha value is -6.12. The Morgan fingerprint density at radius 1 is 0.365 bits per heavy atom. The highest BCUT2D eigenvalue weighted by molar-refractivity contribution is 5.87. The van der Waals surface area contributed by atoms with E-state index in [4.69, 9.17) is 0 Å². The highest BCUT2D eigenvalue weighted by Crippen LogP contribution is 2.51. The average Bonchev–Trinajstić information content (AvgIpc) is 3.37. The first-order valence-electron chi connectivity index (χ1n) is 18.2. The van der Waals surface area contributed by atoms with E-state index in [2.05, 4.69) is 220 Å². The number of hydrogen-bond donors (Lipinski definition) is 0. The van der Waals surface area contributed by atoms with Crippen LogP contribution < -0.4 is 9.80 Å². The molecule has 0 aliphatic heterocycles. The topological polar surface area (TPSA) is 6.48 Å². The van der Waals surface area contributed by atoms with Gasteiger partial charge in [-0.15, -0.1) is 0 Å². The van der Waals surface area contributed by atoms with Gasteiger partial charge in [-0.25, -0.2) is 0 Å². The van der Waals surface area contributed by atoms with Gasteiger partial charge in [-0.2, -0.15) is 0 Å². The third-order valence-electron chi connectivity index (χ3n) is 10.3. The Bertz CT molecular complexity index is 2340. The molecule has 254 valence electrons. The van der Waals surface area contributed by atoms with Crippen molar-refractivity contribution < 1.29 is 0 Å². The minimum absolute atomic E-state index is 0.148. The predicted molar refractivity (Wildman–Crippen MR) is 223 cm³/mol. The van der Waals surface area contributed by atoms with Crippen LogP contribution in [0.25, 0.3) is 23.3 Å². The van der Waals surface area contributed by atoms with Gasteiger partial charge in [0.15, 0.2) is 0 Å². The molecule has 2 nitrogen and oxygen atoms in total.